The summed E-state index contributed by atoms with van der Waals surface area (Å²) in [5, 5.41) is 9.75. The average Bonchev–Trinajstić information content (AvgIpc) is 2.08. The molecule has 0 spiro atoms. The van der Waals surface area contributed by atoms with Gasteiger partial charge in [-0.1, -0.05) is 37.6 Å². The Kier molecular flexibility index (Phi) is 5.77. The van der Waals surface area contributed by atoms with Gasteiger partial charge in [-0.15, -0.1) is 0 Å². The quantitative estimate of drug-likeness (QED) is 0.713. The second-order valence-electron chi connectivity index (χ2n) is 2.23. The summed E-state index contributed by atoms with van der Waals surface area (Å²) in [6.45, 7) is 5.71. The number of hydrogen-bond donors (Lipinski definition) is 1. The van der Waals surface area contributed by atoms with Crippen molar-refractivity contribution in [2.24, 2.45) is 0 Å². The van der Waals surface area contributed by atoms with Crippen molar-refractivity contribution in [2.45, 2.75) is 26.9 Å². The van der Waals surface area contributed by atoms with E-state index >= 15 is 0 Å². The normalized spacial score (nSPS) is 11.4. The van der Waals surface area contributed by atoms with Crippen LogP contribution >= 0.6 is 11.6 Å². The maximum absolute atomic E-state index is 9.09. The number of halogens is 1. The van der Waals surface area contributed by atoms with Gasteiger partial charge in [-0.3, -0.25) is 0 Å². The lowest BCUT2D eigenvalue weighted by Crippen LogP contribution is -1.88. The van der Waals surface area contributed by atoms with Crippen LogP contribution < -0.4 is 0 Å². The predicted octanol–water partition coefficient (Wildman–Crippen LogP) is 3.42. The lowest BCUT2D eigenvalue weighted by molar-refractivity contribution is 0.199. The van der Waals surface area contributed by atoms with Crippen LogP contribution in [0.3, 0.4) is 0 Å². The van der Waals surface area contributed by atoms with E-state index in [4.69, 9.17) is 16.7 Å². The van der Waals surface area contributed by atoms with Crippen LogP contribution in [0.5, 0.6) is 0 Å². The summed E-state index contributed by atoms with van der Waals surface area (Å²) in [5.74, 6) is 0. The van der Waals surface area contributed by atoms with E-state index in [1.807, 2.05) is 26.0 Å². The second-order valence-corrected chi connectivity index (χ2v) is 2.67. The fourth-order valence-corrected chi connectivity index (χ4v) is 0.965. The van der Waals surface area contributed by atoms with Crippen molar-refractivity contribution in [3.63, 3.8) is 0 Å². The molecular weight excluding hydrogens is 172 g/mol. The summed E-state index contributed by atoms with van der Waals surface area (Å²) in [5.41, 5.74) is 0.854. The van der Waals surface area contributed by atoms with Crippen LogP contribution in [0.2, 0.25) is 5.02 Å². The molecule has 1 atom stereocenters. The number of rotatable bonds is 1. The first-order valence-electron chi connectivity index (χ1n) is 4.13. The van der Waals surface area contributed by atoms with Crippen molar-refractivity contribution in [3.8, 4) is 0 Å². The first-order valence-corrected chi connectivity index (χ1v) is 4.51. The van der Waals surface area contributed by atoms with Gasteiger partial charge in [0.15, 0.2) is 0 Å². The molecule has 1 nitrogen and oxygen atoms in total. The van der Waals surface area contributed by atoms with Crippen LogP contribution in [-0.2, 0) is 0 Å². The van der Waals surface area contributed by atoms with Crippen LogP contribution in [-0.4, -0.2) is 5.11 Å². The molecule has 68 valence electrons. The van der Waals surface area contributed by atoms with Crippen molar-refractivity contribution in [2.75, 3.05) is 0 Å². The Morgan fingerprint density at radius 1 is 1.33 bits per heavy atom. The van der Waals surface area contributed by atoms with E-state index in [2.05, 4.69) is 0 Å². The highest BCUT2D eigenvalue weighted by atomic mass is 35.5. The van der Waals surface area contributed by atoms with E-state index in [0.29, 0.717) is 5.02 Å². The zero-order valence-corrected chi connectivity index (χ0v) is 8.47. The molecule has 0 fully saturated rings. The molecule has 0 aliphatic carbocycles. The molecule has 1 N–H and O–H groups in total. The summed E-state index contributed by atoms with van der Waals surface area (Å²) in [6, 6.07) is 7.21. The van der Waals surface area contributed by atoms with E-state index in [-0.39, 0.29) is 0 Å². The second kappa shape index (κ2) is 6.04. The molecule has 0 aromatic heterocycles. The van der Waals surface area contributed by atoms with Crippen LogP contribution in [0.15, 0.2) is 24.3 Å². The molecule has 0 bridgehead atoms. The van der Waals surface area contributed by atoms with Crippen LogP contribution in [0, 0.1) is 0 Å². The molecule has 0 saturated carbocycles. The minimum atomic E-state index is -0.432. The highest BCUT2D eigenvalue weighted by molar-refractivity contribution is 6.30. The molecule has 1 unspecified atom stereocenters. The third-order valence-corrected chi connectivity index (χ3v) is 1.57. The monoisotopic (exact) mass is 186 g/mol. The van der Waals surface area contributed by atoms with Crippen molar-refractivity contribution in [1.29, 1.82) is 0 Å². The lowest BCUT2D eigenvalue weighted by Gasteiger charge is -2.02. The molecule has 0 amide bonds. The van der Waals surface area contributed by atoms with E-state index in [1.54, 1.807) is 19.1 Å². The van der Waals surface area contributed by atoms with Gasteiger partial charge >= 0.3 is 0 Å². The van der Waals surface area contributed by atoms with Gasteiger partial charge in [-0.2, -0.15) is 0 Å². The SMILES string of the molecule is CC.CC(O)c1cccc(Cl)c1. The van der Waals surface area contributed by atoms with E-state index in [0.717, 1.165) is 5.56 Å². The van der Waals surface area contributed by atoms with Gasteiger partial charge in [0, 0.05) is 5.02 Å². The number of aliphatic hydroxyl groups excluding tert-OH is 1. The summed E-state index contributed by atoms with van der Waals surface area (Å²) in [7, 11) is 0. The Morgan fingerprint density at radius 3 is 2.25 bits per heavy atom. The van der Waals surface area contributed by atoms with Crippen molar-refractivity contribution in [3.05, 3.63) is 34.9 Å². The predicted molar refractivity (Wildman–Crippen MR) is 53.4 cm³/mol. The maximum Gasteiger partial charge on any atom is 0.0762 e. The molecule has 1 rings (SSSR count). The first kappa shape index (κ1) is 11.5. The van der Waals surface area contributed by atoms with Crippen molar-refractivity contribution < 1.29 is 5.11 Å². The Morgan fingerprint density at radius 2 is 1.92 bits per heavy atom. The van der Waals surface area contributed by atoms with Gasteiger partial charge in [0.1, 0.15) is 0 Å². The van der Waals surface area contributed by atoms with Crippen LogP contribution in [0.25, 0.3) is 0 Å². The largest absolute Gasteiger partial charge is 0.389 e. The molecule has 1 aromatic carbocycles. The highest BCUT2D eigenvalue weighted by Crippen LogP contribution is 2.16. The highest BCUT2D eigenvalue weighted by Gasteiger charge is 1.98. The molecule has 2 heteroatoms. The van der Waals surface area contributed by atoms with Gasteiger partial charge in [0.2, 0.25) is 0 Å². The summed E-state index contributed by atoms with van der Waals surface area (Å²) in [6.07, 6.45) is -0.432. The Hall–Kier alpha value is -0.530. The zero-order chi connectivity index (χ0) is 9.56. The summed E-state index contributed by atoms with van der Waals surface area (Å²) >= 11 is 5.68. The molecule has 0 aliphatic rings. The summed E-state index contributed by atoms with van der Waals surface area (Å²) < 4.78 is 0. The smallest absolute Gasteiger partial charge is 0.0762 e. The fourth-order valence-electron chi connectivity index (χ4n) is 0.766. The third-order valence-electron chi connectivity index (χ3n) is 1.33. The maximum atomic E-state index is 9.09. The van der Waals surface area contributed by atoms with Crippen LogP contribution in [0.1, 0.15) is 32.4 Å². The van der Waals surface area contributed by atoms with Crippen molar-refractivity contribution >= 4 is 11.6 Å². The van der Waals surface area contributed by atoms with E-state index in [1.165, 1.54) is 0 Å². The number of benzene rings is 1. The minimum Gasteiger partial charge on any atom is -0.389 e. The van der Waals surface area contributed by atoms with Gasteiger partial charge in [0.05, 0.1) is 6.10 Å². The molecule has 0 saturated heterocycles. The average molecular weight is 187 g/mol. The summed E-state index contributed by atoms with van der Waals surface area (Å²) in [4.78, 5) is 0. The third kappa shape index (κ3) is 3.74. The molecule has 0 aliphatic heterocycles. The molecule has 12 heavy (non-hydrogen) atoms. The van der Waals surface area contributed by atoms with E-state index in [9.17, 15) is 0 Å². The molecular formula is C10H15ClO. The van der Waals surface area contributed by atoms with Crippen LogP contribution in [0.4, 0.5) is 0 Å². The Labute approximate surface area is 79.0 Å². The lowest BCUT2D eigenvalue weighted by atomic mass is 10.1. The minimum absolute atomic E-state index is 0.432. The fraction of sp³-hybridized carbons (Fsp3) is 0.400. The Balaban J connectivity index is 0.000000561. The standard InChI is InChI=1S/C8H9ClO.C2H6/c1-6(10)7-3-2-4-8(9)5-7;1-2/h2-6,10H,1H3;1-2H3. The van der Waals surface area contributed by atoms with Crippen molar-refractivity contribution in [1.82, 2.24) is 0 Å². The zero-order valence-electron chi connectivity index (χ0n) is 7.71. The van der Waals surface area contributed by atoms with Gasteiger partial charge in [0.25, 0.3) is 0 Å². The van der Waals surface area contributed by atoms with E-state index < -0.39 is 6.10 Å². The first-order chi connectivity index (χ1) is 5.70. The number of aliphatic hydroxyl groups is 1. The Bertz CT molecular complexity index is 221. The molecule has 1 aromatic rings. The topological polar surface area (TPSA) is 20.2 Å². The van der Waals surface area contributed by atoms with Gasteiger partial charge < -0.3 is 5.11 Å². The molecule has 0 heterocycles. The van der Waals surface area contributed by atoms with Gasteiger partial charge in [-0.25, -0.2) is 0 Å². The number of hydrogen-bond acceptors (Lipinski definition) is 1. The molecule has 0 radical (unpaired) electrons. The van der Waals surface area contributed by atoms with Gasteiger partial charge in [-0.05, 0) is 24.6 Å².